The zero-order valence-electron chi connectivity index (χ0n) is 12.0. The lowest BCUT2D eigenvalue weighted by molar-refractivity contribution is -0.119. The van der Waals surface area contributed by atoms with Crippen molar-refractivity contribution in [2.24, 2.45) is 0 Å². The van der Waals surface area contributed by atoms with Crippen molar-refractivity contribution in [2.45, 2.75) is 13.8 Å². The number of anilines is 2. The number of ether oxygens (including phenoxy) is 1. The minimum atomic E-state index is -0.818. The lowest BCUT2D eigenvalue weighted by Gasteiger charge is -2.07. The number of hydrogen-bond acceptors (Lipinski definition) is 6. The molecule has 0 atom stereocenters. The number of nitrogens with zero attached hydrogens (tertiary/aromatic N) is 1. The Morgan fingerprint density at radius 1 is 1.41 bits per heavy atom. The Morgan fingerprint density at radius 2 is 2.14 bits per heavy atom. The number of esters is 1. The Labute approximate surface area is 125 Å². The molecule has 116 valence electrons. The van der Waals surface area contributed by atoms with Gasteiger partial charge in [-0.1, -0.05) is 11.2 Å². The summed E-state index contributed by atoms with van der Waals surface area (Å²) in [6.45, 7) is 2.58. The Hall–Kier alpha value is -2.90. The summed E-state index contributed by atoms with van der Waals surface area (Å²) in [5.41, 5.74) is 6.41. The van der Waals surface area contributed by atoms with Gasteiger partial charge >= 0.3 is 5.97 Å². The third-order valence-electron chi connectivity index (χ3n) is 2.88. The van der Waals surface area contributed by atoms with Crippen LogP contribution in [0.1, 0.15) is 21.6 Å². The maximum atomic E-state index is 13.4. The van der Waals surface area contributed by atoms with Crippen LogP contribution in [0.25, 0.3) is 0 Å². The molecule has 0 aliphatic carbocycles. The van der Waals surface area contributed by atoms with E-state index in [9.17, 15) is 14.0 Å². The molecule has 1 amide bonds. The molecule has 0 saturated heterocycles. The highest BCUT2D eigenvalue weighted by atomic mass is 19.1. The fraction of sp³-hybridized carbons (Fsp3) is 0.214. The van der Waals surface area contributed by atoms with Crippen LogP contribution in [-0.4, -0.2) is 23.6 Å². The quantitative estimate of drug-likeness (QED) is 0.834. The van der Waals surface area contributed by atoms with Crippen molar-refractivity contribution in [3.05, 3.63) is 40.8 Å². The van der Waals surface area contributed by atoms with E-state index >= 15 is 0 Å². The Kier molecular flexibility index (Phi) is 4.40. The molecule has 0 aliphatic heterocycles. The van der Waals surface area contributed by atoms with E-state index in [1.807, 2.05) is 0 Å². The third kappa shape index (κ3) is 3.40. The molecule has 0 fully saturated rings. The molecule has 22 heavy (non-hydrogen) atoms. The van der Waals surface area contributed by atoms with Crippen LogP contribution in [0.15, 0.2) is 22.7 Å². The first-order chi connectivity index (χ1) is 10.4. The summed E-state index contributed by atoms with van der Waals surface area (Å²) >= 11 is 0. The number of carbonyl (C=O) groups is 2. The van der Waals surface area contributed by atoms with Crippen LogP contribution in [0, 0.1) is 19.7 Å². The van der Waals surface area contributed by atoms with E-state index in [-0.39, 0.29) is 22.8 Å². The van der Waals surface area contributed by atoms with E-state index in [0.717, 1.165) is 0 Å². The number of halogens is 1. The van der Waals surface area contributed by atoms with Gasteiger partial charge in [-0.15, -0.1) is 0 Å². The second-order valence-corrected chi connectivity index (χ2v) is 4.60. The molecule has 0 bridgehead atoms. The first kappa shape index (κ1) is 15.5. The normalized spacial score (nSPS) is 10.3. The Balaban J connectivity index is 1.93. The van der Waals surface area contributed by atoms with Crippen LogP contribution in [0.5, 0.6) is 0 Å². The summed E-state index contributed by atoms with van der Waals surface area (Å²) in [7, 11) is 0. The van der Waals surface area contributed by atoms with E-state index in [0.29, 0.717) is 5.56 Å². The highest BCUT2D eigenvalue weighted by Gasteiger charge is 2.20. The minimum Gasteiger partial charge on any atom is -0.452 e. The van der Waals surface area contributed by atoms with E-state index in [2.05, 4.69) is 15.0 Å². The van der Waals surface area contributed by atoms with Gasteiger partial charge in [0.1, 0.15) is 11.4 Å². The topological polar surface area (TPSA) is 107 Å². The molecule has 0 radical (unpaired) electrons. The monoisotopic (exact) mass is 307 g/mol. The van der Waals surface area contributed by atoms with Crippen molar-refractivity contribution in [3.63, 3.8) is 0 Å². The third-order valence-corrected chi connectivity index (χ3v) is 2.88. The van der Waals surface area contributed by atoms with Crippen molar-refractivity contribution in [1.29, 1.82) is 0 Å². The molecule has 0 unspecified atom stereocenters. The number of aryl methyl sites for hydroxylation is 2. The number of carbonyl (C=O) groups excluding carboxylic acids is 2. The van der Waals surface area contributed by atoms with Crippen molar-refractivity contribution in [2.75, 3.05) is 17.7 Å². The van der Waals surface area contributed by atoms with Gasteiger partial charge in [-0.25, -0.2) is 9.18 Å². The number of benzene rings is 1. The molecule has 1 aromatic heterocycles. The second kappa shape index (κ2) is 6.25. The standard InChI is InChI=1S/C14H14FN3O4/c1-7-3-4-9(5-10(7)15)17-11(19)6-21-14(20)12-8(2)18-22-13(12)16/h3-5H,6,16H2,1-2H3,(H,17,19). The molecule has 0 aliphatic rings. The summed E-state index contributed by atoms with van der Waals surface area (Å²) in [5.74, 6) is -2.04. The molecule has 0 spiro atoms. The van der Waals surface area contributed by atoms with Gasteiger partial charge in [-0.3, -0.25) is 4.79 Å². The lowest BCUT2D eigenvalue weighted by Crippen LogP contribution is -2.21. The fourth-order valence-electron chi connectivity index (χ4n) is 1.71. The first-order valence-electron chi connectivity index (χ1n) is 6.33. The zero-order chi connectivity index (χ0) is 16.3. The molecular formula is C14H14FN3O4. The van der Waals surface area contributed by atoms with E-state index in [1.54, 1.807) is 13.0 Å². The zero-order valence-corrected chi connectivity index (χ0v) is 12.0. The van der Waals surface area contributed by atoms with Crippen LogP contribution in [0.2, 0.25) is 0 Å². The van der Waals surface area contributed by atoms with Crippen molar-refractivity contribution in [3.8, 4) is 0 Å². The van der Waals surface area contributed by atoms with Crippen molar-refractivity contribution < 1.29 is 23.2 Å². The number of nitrogens with two attached hydrogens (primary N) is 1. The highest BCUT2D eigenvalue weighted by molar-refractivity contribution is 5.98. The minimum absolute atomic E-state index is 0.0193. The van der Waals surface area contributed by atoms with Gasteiger partial charge in [0.25, 0.3) is 5.91 Å². The smallest absolute Gasteiger partial charge is 0.346 e. The van der Waals surface area contributed by atoms with Gasteiger partial charge in [-0.05, 0) is 31.5 Å². The molecule has 2 rings (SSSR count). The summed E-state index contributed by atoms with van der Waals surface area (Å²) in [6.07, 6.45) is 0. The molecular weight excluding hydrogens is 293 g/mol. The fourth-order valence-corrected chi connectivity index (χ4v) is 1.71. The lowest BCUT2D eigenvalue weighted by atomic mass is 10.2. The predicted molar refractivity (Wildman–Crippen MR) is 75.7 cm³/mol. The van der Waals surface area contributed by atoms with Gasteiger partial charge in [-0.2, -0.15) is 0 Å². The molecule has 1 aromatic carbocycles. The maximum Gasteiger partial charge on any atom is 0.346 e. The molecule has 8 heteroatoms. The predicted octanol–water partition coefficient (Wildman–Crippen LogP) is 1.81. The highest BCUT2D eigenvalue weighted by Crippen LogP contribution is 2.17. The Morgan fingerprint density at radius 3 is 2.73 bits per heavy atom. The molecule has 2 aromatic rings. The SMILES string of the molecule is Cc1ccc(NC(=O)COC(=O)c2c(C)noc2N)cc1F. The maximum absolute atomic E-state index is 13.4. The van der Waals surface area contributed by atoms with Crippen LogP contribution in [-0.2, 0) is 9.53 Å². The van der Waals surface area contributed by atoms with Crippen LogP contribution >= 0.6 is 0 Å². The van der Waals surface area contributed by atoms with Gasteiger partial charge in [0.05, 0.1) is 5.69 Å². The Bertz CT molecular complexity index is 707. The molecule has 0 saturated carbocycles. The van der Waals surface area contributed by atoms with E-state index in [4.69, 9.17) is 10.5 Å². The largest absolute Gasteiger partial charge is 0.452 e. The van der Waals surface area contributed by atoms with E-state index < -0.39 is 24.3 Å². The van der Waals surface area contributed by atoms with Crippen molar-refractivity contribution in [1.82, 2.24) is 5.16 Å². The summed E-state index contributed by atoms with van der Waals surface area (Å²) in [5, 5.41) is 5.92. The number of aromatic nitrogens is 1. The summed E-state index contributed by atoms with van der Waals surface area (Å²) in [4.78, 5) is 23.4. The van der Waals surface area contributed by atoms with Crippen LogP contribution in [0.3, 0.4) is 0 Å². The molecule has 7 nitrogen and oxygen atoms in total. The number of rotatable bonds is 4. The molecule has 3 N–H and O–H groups in total. The summed E-state index contributed by atoms with van der Waals surface area (Å²) in [6, 6.07) is 4.25. The number of hydrogen-bond donors (Lipinski definition) is 2. The van der Waals surface area contributed by atoms with Gasteiger partial charge < -0.3 is 20.3 Å². The number of nitrogen functional groups attached to an aromatic ring is 1. The first-order valence-corrected chi connectivity index (χ1v) is 6.33. The summed E-state index contributed by atoms with van der Waals surface area (Å²) < 4.78 is 22.8. The average Bonchev–Trinajstić information content (AvgIpc) is 2.80. The van der Waals surface area contributed by atoms with Gasteiger partial charge in [0.15, 0.2) is 6.61 Å². The van der Waals surface area contributed by atoms with E-state index in [1.165, 1.54) is 19.1 Å². The molecule has 1 heterocycles. The number of nitrogens with one attached hydrogen (secondary N) is 1. The van der Waals surface area contributed by atoms with Crippen molar-refractivity contribution >= 4 is 23.4 Å². The van der Waals surface area contributed by atoms with Gasteiger partial charge in [0, 0.05) is 5.69 Å². The van der Waals surface area contributed by atoms with Crippen LogP contribution in [0.4, 0.5) is 16.0 Å². The van der Waals surface area contributed by atoms with Gasteiger partial charge in [0.2, 0.25) is 5.88 Å². The average molecular weight is 307 g/mol. The van der Waals surface area contributed by atoms with Crippen LogP contribution < -0.4 is 11.1 Å². The second-order valence-electron chi connectivity index (χ2n) is 4.60. The number of amides is 1.